The molecule has 2 aromatic rings. The highest BCUT2D eigenvalue weighted by molar-refractivity contribution is 6.32. The maximum absolute atomic E-state index is 13.3. The second kappa shape index (κ2) is 6.04. The molecule has 1 fully saturated rings. The van der Waals surface area contributed by atoms with Crippen molar-refractivity contribution in [2.45, 2.75) is 32.2 Å². The Morgan fingerprint density at radius 3 is 3.00 bits per heavy atom. The minimum atomic E-state index is -0.622. The van der Waals surface area contributed by atoms with Crippen LogP contribution in [-0.4, -0.2) is 27.5 Å². The molecule has 0 saturated carbocycles. The first-order valence-electron chi connectivity index (χ1n) is 7.24. The quantitative estimate of drug-likeness (QED) is 0.863. The summed E-state index contributed by atoms with van der Waals surface area (Å²) in [5.74, 6) is 0.135. The largest absolute Gasteiger partial charge is 0.352 e. The Balaban J connectivity index is 2.09. The number of halogens is 2. The number of anilines is 1. The average molecular weight is 323 g/mol. The van der Waals surface area contributed by atoms with E-state index in [2.05, 4.69) is 21.9 Å². The second-order valence-corrected chi connectivity index (χ2v) is 5.84. The Kier molecular flexibility index (Phi) is 4.11. The summed E-state index contributed by atoms with van der Waals surface area (Å²) < 4.78 is 13.3. The lowest BCUT2D eigenvalue weighted by Crippen LogP contribution is -2.39. The Morgan fingerprint density at radius 2 is 2.27 bits per heavy atom. The number of pyridine rings is 1. The van der Waals surface area contributed by atoms with Crippen molar-refractivity contribution in [1.82, 2.24) is 15.0 Å². The zero-order valence-corrected chi connectivity index (χ0v) is 12.9. The minimum absolute atomic E-state index is 0.0760. The highest BCUT2D eigenvalue weighted by atomic mass is 35.5. The van der Waals surface area contributed by atoms with E-state index >= 15 is 0 Å². The van der Waals surface area contributed by atoms with Crippen molar-refractivity contribution >= 4 is 17.4 Å². The molecule has 0 radical (unpaired) electrons. The minimum Gasteiger partial charge on any atom is -0.352 e. The van der Waals surface area contributed by atoms with Crippen molar-refractivity contribution in [2.24, 2.45) is 0 Å². The van der Waals surface area contributed by atoms with E-state index in [1.807, 2.05) is 4.90 Å². The molecule has 0 aliphatic carbocycles. The molecule has 1 atom stereocenters. The topological polar surface area (TPSA) is 61.9 Å². The second-order valence-electron chi connectivity index (χ2n) is 5.46. The first kappa shape index (κ1) is 15.0. The lowest BCUT2D eigenvalue weighted by Gasteiger charge is -2.34. The molecule has 5 nitrogen and oxygen atoms in total. The van der Waals surface area contributed by atoms with Crippen LogP contribution in [0.3, 0.4) is 0 Å². The Labute approximate surface area is 132 Å². The number of rotatable bonds is 2. The molecule has 1 aliphatic heterocycles. The lowest BCUT2D eigenvalue weighted by atomic mass is 10.0. The predicted octanol–water partition coefficient (Wildman–Crippen LogP) is 3.00. The van der Waals surface area contributed by atoms with E-state index in [0.29, 0.717) is 17.2 Å². The zero-order valence-electron chi connectivity index (χ0n) is 12.1. The molecule has 0 spiro atoms. The molecule has 0 aromatic carbocycles. The lowest BCUT2D eigenvalue weighted by molar-refractivity contribution is 0.481. The first-order valence-corrected chi connectivity index (χ1v) is 7.62. The summed E-state index contributed by atoms with van der Waals surface area (Å²) in [7, 11) is 0. The van der Waals surface area contributed by atoms with Gasteiger partial charge in [-0.15, -0.1) is 0 Å². The van der Waals surface area contributed by atoms with Gasteiger partial charge in [0.05, 0.1) is 0 Å². The van der Waals surface area contributed by atoms with Gasteiger partial charge in [0.25, 0.3) is 5.56 Å². The van der Waals surface area contributed by atoms with Gasteiger partial charge in [0.15, 0.2) is 5.82 Å². The van der Waals surface area contributed by atoms with Crippen LogP contribution in [0.15, 0.2) is 23.1 Å². The van der Waals surface area contributed by atoms with Gasteiger partial charge in [0.1, 0.15) is 10.8 Å². The van der Waals surface area contributed by atoms with Gasteiger partial charge in [-0.05, 0) is 32.3 Å². The molecule has 1 saturated heterocycles. The van der Waals surface area contributed by atoms with Gasteiger partial charge in [-0.1, -0.05) is 11.6 Å². The summed E-state index contributed by atoms with van der Waals surface area (Å²) in [4.78, 5) is 24.7. The molecule has 3 heterocycles. The van der Waals surface area contributed by atoms with Crippen molar-refractivity contribution in [3.63, 3.8) is 0 Å². The standard InChI is InChI=1S/C15H16ClFN4O/c1-9-4-2-3-7-21(9)14-12(16)15(22)20-13(19-14)10-5-6-18-11(17)8-10/h5-6,8-9H,2-4,7H2,1H3,(H,19,20,22)/t9-/m1/s1. The summed E-state index contributed by atoms with van der Waals surface area (Å²) >= 11 is 6.15. The van der Waals surface area contributed by atoms with Gasteiger partial charge in [-0.25, -0.2) is 9.97 Å². The van der Waals surface area contributed by atoms with E-state index in [9.17, 15) is 9.18 Å². The third-order valence-electron chi connectivity index (χ3n) is 3.92. The number of nitrogens with one attached hydrogen (secondary N) is 1. The molecule has 0 unspecified atom stereocenters. The Hall–Kier alpha value is -1.95. The number of aromatic amines is 1. The number of aromatic nitrogens is 3. The van der Waals surface area contributed by atoms with Gasteiger partial charge < -0.3 is 9.88 Å². The third-order valence-corrected chi connectivity index (χ3v) is 4.26. The molecule has 1 aliphatic rings. The highest BCUT2D eigenvalue weighted by Gasteiger charge is 2.24. The van der Waals surface area contributed by atoms with Crippen molar-refractivity contribution in [3.05, 3.63) is 39.7 Å². The first-order chi connectivity index (χ1) is 10.6. The summed E-state index contributed by atoms with van der Waals surface area (Å²) in [5.41, 5.74) is 0.0452. The number of hydrogen-bond donors (Lipinski definition) is 1. The molecule has 2 aromatic heterocycles. The number of nitrogens with zero attached hydrogens (tertiary/aromatic N) is 3. The summed E-state index contributed by atoms with van der Waals surface area (Å²) in [6.07, 6.45) is 4.56. The van der Waals surface area contributed by atoms with Gasteiger partial charge in [-0.3, -0.25) is 4.79 Å². The number of H-pyrrole nitrogens is 1. The highest BCUT2D eigenvalue weighted by Crippen LogP contribution is 2.28. The van der Waals surface area contributed by atoms with E-state index < -0.39 is 11.5 Å². The van der Waals surface area contributed by atoms with Crippen LogP contribution < -0.4 is 10.5 Å². The molecular weight excluding hydrogens is 307 g/mol. The van der Waals surface area contributed by atoms with Gasteiger partial charge in [0.2, 0.25) is 5.95 Å². The van der Waals surface area contributed by atoms with Crippen LogP contribution >= 0.6 is 11.6 Å². The maximum atomic E-state index is 13.3. The summed E-state index contributed by atoms with van der Waals surface area (Å²) in [6, 6.07) is 3.09. The fourth-order valence-electron chi connectivity index (χ4n) is 2.74. The number of hydrogen-bond acceptors (Lipinski definition) is 4. The van der Waals surface area contributed by atoms with Crippen molar-refractivity contribution < 1.29 is 4.39 Å². The molecular formula is C15H16ClFN4O. The molecule has 0 amide bonds. The van der Waals surface area contributed by atoms with Crippen molar-refractivity contribution in [3.8, 4) is 11.4 Å². The van der Waals surface area contributed by atoms with Gasteiger partial charge in [-0.2, -0.15) is 4.39 Å². The fraction of sp³-hybridized carbons (Fsp3) is 0.400. The monoisotopic (exact) mass is 322 g/mol. The van der Waals surface area contributed by atoms with E-state index in [0.717, 1.165) is 25.8 Å². The smallest absolute Gasteiger partial charge is 0.272 e. The van der Waals surface area contributed by atoms with Crippen LogP contribution in [0.1, 0.15) is 26.2 Å². The van der Waals surface area contributed by atoms with Crippen LogP contribution in [0.4, 0.5) is 10.2 Å². The van der Waals surface area contributed by atoms with Crippen LogP contribution in [0.2, 0.25) is 5.02 Å². The predicted molar refractivity (Wildman–Crippen MR) is 83.7 cm³/mol. The molecule has 7 heteroatoms. The van der Waals surface area contributed by atoms with E-state index in [-0.39, 0.29) is 11.1 Å². The van der Waals surface area contributed by atoms with Crippen LogP contribution in [0.5, 0.6) is 0 Å². The average Bonchev–Trinajstić information content (AvgIpc) is 2.51. The zero-order chi connectivity index (χ0) is 15.7. The normalized spacial score (nSPS) is 18.5. The molecule has 116 valence electrons. The van der Waals surface area contributed by atoms with E-state index in [4.69, 9.17) is 11.6 Å². The molecule has 22 heavy (non-hydrogen) atoms. The van der Waals surface area contributed by atoms with Crippen LogP contribution in [-0.2, 0) is 0 Å². The van der Waals surface area contributed by atoms with Crippen LogP contribution in [0.25, 0.3) is 11.4 Å². The summed E-state index contributed by atoms with van der Waals surface area (Å²) in [6.45, 7) is 2.89. The molecule has 1 N–H and O–H groups in total. The fourth-order valence-corrected chi connectivity index (χ4v) is 2.93. The van der Waals surface area contributed by atoms with Gasteiger partial charge >= 0.3 is 0 Å². The van der Waals surface area contributed by atoms with Gasteiger partial charge in [0, 0.05) is 30.4 Å². The van der Waals surface area contributed by atoms with E-state index in [1.165, 1.54) is 12.3 Å². The van der Waals surface area contributed by atoms with Crippen LogP contribution in [0, 0.1) is 5.95 Å². The van der Waals surface area contributed by atoms with Crippen molar-refractivity contribution in [1.29, 1.82) is 0 Å². The van der Waals surface area contributed by atoms with Crippen molar-refractivity contribution in [2.75, 3.05) is 11.4 Å². The third kappa shape index (κ3) is 2.83. The maximum Gasteiger partial charge on any atom is 0.272 e. The SMILES string of the molecule is C[C@@H]1CCCCN1c1nc(-c2ccnc(F)c2)[nH]c(=O)c1Cl. The van der Waals surface area contributed by atoms with E-state index in [1.54, 1.807) is 6.07 Å². The molecule has 3 rings (SSSR count). The number of piperidine rings is 1. The summed E-state index contributed by atoms with van der Waals surface area (Å²) in [5, 5.41) is 0.0760. The Bertz CT molecular complexity index is 749. The molecule has 0 bridgehead atoms. The Morgan fingerprint density at radius 1 is 1.45 bits per heavy atom.